The smallest absolute Gasteiger partial charge is 0.257 e. The van der Waals surface area contributed by atoms with Gasteiger partial charge in [-0.05, 0) is 36.6 Å². The first-order valence-electron chi connectivity index (χ1n) is 9.18. The number of carbonyl (C=O) groups excluding carboxylic acids is 1. The minimum Gasteiger partial charge on any atom is -0.493 e. The van der Waals surface area contributed by atoms with Crippen LogP contribution in [0.4, 0.5) is 22.7 Å². The Bertz CT molecular complexity index is 1120. The molecule has 2 aromatic carbocycles. The van der Waals surface area contributed by atoms with Crippen LogP contribution in [0.25, 0.3) is 10.2 Å². The van der Waals surface area contributed by atoms with Crippen molar-refractivity contribution >= 4 is 32.6 Å². The summed E-state index contributed by atoms with van der Waals surface area (Å²) in [6, 6.07) is 5.03. The summed E-state index contributed by atoms with van der Waals surface area (Å²) < 4.78 is 59.8. The van der Waals surface area contributed by atoms with Crippen molar-refractivity contribution in [2.45, 2.75) is 6.42 Å². The van der Waals surface area contributed by atoms with Gasteiger partial charge in [0.15, 0.2) is 22.5 Å². The van der Waals surface area contributed by atoms with Crippen molar-refractivity contribution in [2.75, 3.05) is 32.1 Å². The van der Waals surface area contributed by atoms with Crippen molar-refractivity contribution < 1.29 is 27.1 Å². The van der Waals surface area contributed by atoms with E-state index < -0.39 is 29.1 Å². The molecule has 1 N–H and O–H groups in total. The average molecular weight is 439 g/mol. The van der Waals surface area contributed by atoms with Gasteiger partial charge in [-0.25, -0.2) is 18.2 Å². The molecule has 1 amide bonds. The SMILES string of the molecule is COc1c(C(=O)N2CCC(CNc3nc4ccc(F)cc4s3)C2)cc(F)c(F)c1F. The van der Waals surface area contributed by atoms with Gasteiger partial charge in [-0.2, -0.15) is 4.39 Å². The molecule has 2 heterocycles. The molecule has 10 heteroatoms. The highest BCUT2D eigenvalue weighted by atomic mass is 32.1. The predicted molar refractivity (Wildman–Crippen MR) is 105 cm³/mol. The lowest BCUT2D eigenvalue weighted by molar-refractivity contribution is 0.0782. The summed E-state index contributed by atoms with van der Waals surface area (Å²) in [5.41, 5.74) is 0.343. The third-order valence-corrected chi connectivity index (χ3v) is 5.99. The molecule has 1 aliphatic rings. The summed E-state index contributed by atoms with van der Waals surface area (Å²) in [5, 5.41) is 3.84. The fourth-order valence-electron chi connectivity index (χ4n) is 3.50. The molecular formula is C20H17F4N3O2S. The van der Waals surface area contributed by atoms with Gasteiger partial charge < -0.3 is 15.0 Å². The Hall–Kier alpha value is -2.88. The van der Waals surface area contributed by atoms with E-state index in [1.807, 2.05) is 0 Å². The molecule has 0 aliphatic carbocycles. The standard InChI is InChI=1S/C20H17F4N3O2S/c1-29-18-12(7-13(22)16(23)17(18)24)19(28)27-5-4-10(9-27)8-25-20-26-14-3-2-11(21)6-15(14)30-20/h2-3,6-7,10H,4-5,8-9H2,1H3,(H,25,26). The third-order valence-electron chi connectivity index (χ3n) is 5.02. The Balaban J connectivity index is 1.42. The van der Waals surface area contributed by atoms with E-state index in [2.05, 4.69) is 10.3 Å². The molecule has 0 bridgehead atoms. The van der Waals surface area contributed by atoms with Crippen LogP contribution >= 0.6 is 11.3 Å². The Morgan fingerprint density at radius 1 is 1.27 bits per heavy atom. The summed E-state index contributed by atoms with van der Waals surface area (Å²) in [5.74, 6) is -6.12. The first-order chi connectivity index (χ1) is 14.4. The quantitative estimate of drug-likeness (QED) is 0.472. The topological polar surface area (TPSA) is 54.5 Å². The van der Waals surface area contributed by atoms with Gasteiger partial charge in [0, 0.05) is 19.6 Å². The molecule has 158 valence electrons. The number of nitrogens with zero attached hydrogens (tertiary/aromatic N) is 2. The van der Waals surface area contributed by atoms with Gasteiger partial charge in [0.2, 0.25) is 5.82 Å². The number of hydrogen-bond donors (Lipinski definition) is 1. The highest BCUT2D eigenvalue weighted by Crippen LogP contribution is 2.31. The van der Waals surface area contributed by atoms with Crippen LogP contribution in [-0.4, -0.2) is 42.5 Å². The molecule has 5 nitrogen and oxygen atoms in total. The number of thiazole rings is 1. The molecule has 1 atom stereocenters. The minimum atomic E-state index is -1.68. The van der Waals surface area contributed by atoms with E-state index in [-0.39, 0.29) is 17.3 Å². The zero-order chi connectivity index (χ0) is 21.4. The lowest BCUT2D eigenvalue weighted by Gasteiger charge is -2.19. The number of anilines is 1. The van der Waals surface area contributed by atoms with Crippen LogP contribution in [-0.2, 0) is 0 Å². The van der Waals surface area contributed by atoms with Crippen molar-refractivity contribution in [3.63, 3.8) is 0 Å². The lowest BCUT2D eigenvalue weighted by Crippen LogP contribution is -2.30. The number of likely N-dealkylation sites (tertiary alicyclic amines) is 1. The number of benzene rings is 2. The molecule has 1 saturated heterocycles. The number of nitrogens with one attached hydrogen (secondary N) is 1. The Morgan fingerprint density at radius 3 is 2.83 bits per heavy atom. The number of rotatable bonds is 5. The number of halogens is 4. The molecule has 0 radical (unpaired) electrons. The zero-order valence-electron chi connectivity index (χ0n) is 15.8. The second kappa shape index (κ2) is 8.10. The van der Waals surface area contributed by atoms with Gasteiger partial charge in [-0.15, -0.1) is 0 Å². The Kier molecular flexibility index (Phi) is 5.50. The molecule has 1 unspecified atom stereocenters. The maximum atomic E-state index is 13.9. The Morgan fingerprint density at radius 2 is 2.07 bits per heavy atom. The third kappa shape index (κ3) is 3.79. The molecule has 1 aromatic heterocycles. The van der Waals surface area contributed by atoms with E-state index in [0.29, 0.717) is 42.8 Å². The van der Waals surface area contributed by atoms with E-state index in [0.717, 1.165) is 11.8 Å². The first kappa shape index (κ1) is 20.4. The van der Waals surface area contributed by atoms with Crippen LogP contribution in [0.5, 0.6) is 5.75 Å². The van der Waals surface area contributed by atoms with Crippen molar-refractivity contribution in [1.29, 1.82) is 0 Å². The summed E-state index contributed by atoms with van der Waals surface area (Å²) in [6.45, 7) is 1.27. The zero-order valence-corrected chi connectivity index (χ0v) is 16.7. The van der Waals surface area contributed by atoms with Crippen molar-refractivity contribution in [3.05, 3.63) is 53.1 Å². The van der Waals surface area contributed by atoms with Gasteiger partial charge in [0.25, 0.3) is 5.91 Å². The summed E-state index contributed by atoms with van der Waals surface area (Å²) in [6.07, 6.45) is 0.673. The first-order valence-corrected chi connectivity index (χ1v) is 9.99. The molecule has 30 heavy (non-hydrogen) atoms. The highest BCUT2D eigenvalue weighted by Gasteiger charge is 2.31. The monoisotopic (exact) mass is 439 g/mol. The maximum Gasteiger partial charge on any atom is 0.257 e. The fourth-order valence-corrected chi connectivity index (χ4v) is 4.39. The number of hydrogen-bond acceptors (Lipinski definition) is 5. The highest BCUT2D eigenvalue weighted by molar-refractivity contribution is 7.22. The molecular weight excluding hydrogens is 422 g/mol. The number of amides is 1. The van der Waals surface area contributed by atoms with Gasteiger partial charge in [-0.1, -0.05) is 11.3 Å². The van der Waals surface area contributed by atoms with Crippen LogP contribution in [0.3, 0.4) is 0 Å². The van der Waals surface area contributed by atoms with Crippen molar-refractivity contribution in [3.8, 4) is 5.75 Å². The van der Waals surface area contributed by atoms with E-state index in [1.165, 1.54) is 28.4 Å². The van der Waals surface area contributed by atoms with Crippen molar-refractivity contribution in [2.24, 2.45) is 5.92 Å². The average Bonchev–Trinajstić information content (AvgIpc) is 3.36. The number of ether oxygens (including phenoxy) is 1. The van der Waals surface area contributed by atoms with E-state index in [1.54, 1.807) is 6.07 Å². The molecule has 3 aromatic rings. The number of aromatic nitrogens is 1. The second-order valence-corrected chi connectivity index (χ2v) is 8.02. The summed E-state index contributed by atoms with van der Waals surface area (Å²) in [4.78, 5) is 18.6. The van der Waals surface area contributed by atoms with Gasteiger partial charge in [0.1, 0.15) is 5.82 Å². The van der Waals surface area contributed by atoms with Crippen LogP contribution in [0.2, 0.25) is 0 Å². The minimum absolute atomic E-state index is 0.0823. The maximum absolute atomic E-state index is 13.9. The molecule has 0 spiro atoms. The van der Waals surface area contributed by atoms with Crippen LogP contribution < -0.4 is 10.1 Å². The van der Waals surface area contributed by atoms with E-state index in [4.69, 9.17) is 4.74 Å². The van der Waals surface area contributed by atoms with Gasteiger partial charge in [0.05, 0.1) is 22.9 Å². The van der Waals surface area contributed by atoms with Crippen LogP contribution in [0.1, 0.15) is 16.8 Å². The van der Waals surface area contributed by atoms with Crippen LogP contribution in [0.15, 0.2) is 24.3 Å². The fraction of sp³-hybridized carbons (Fsp3) is 0.300. The molecule has 4 rings (SSSR count). The predicted octanol–water partition coefficient (Wildman–Crippen LogP) is 4.44. The molecule has 1 fully saturated rings. The summed E-state index contributed by atoms with van der Waals surface area (Å²) >= 11 is 1.33. The molecule has 0 saturated carbocycles. The van der Waals surface area contributed by atoms with E-state index >= 15 is 0 Å². The van der Waals surface area contributed by atoms with Gasteiger partial charge >= 0.3 is 0 Å². The number of fused-ring (bicyclic) bond motifs is 1. The second-order valence-electron chi connectivity index (χ2n) is 6.98. The lowest BCUT2D eigenvalue weighted by atomic mass is 10.1. The largest absolute Gasteiger partial charge is 0.493 e. The van der Waals surface area contributed by atoms with Crippen molar-refractivity contribution in [1.82, 2.24) is 9.88 Å². The normalized spacial score (nSPS) is 16.3. The van der Waals surface area contributed by atoms with Crippen LogP contribution in [0, 0.1) is 29.2 Å². The van der Waals surface area contributed by atoms with Gasteiger partial charge in [-0.3, -0.25) is 4.79 Å². The van der Waals surface area contributed by atoms with E-state index in [9.17, 15) is 22.4 Å². The Labute approximate surface area is 173 Å². The number of carbonyl (C=O) groups is 1. The molecule has 1 aliphatic heterocycles. The summed E-state index contributed by atoms with van der Waals surface area (Å²) in [7, 11) is 1.09. The number of methoxy groups -OCH3 is 1.